The van der Waals surface area contributed by atoms with Gasteiger partial charge in [0.25, 0.3) is 0 Å². The van der Waals surface area contributed by atoms with Gasteiger partial charge in [0.15, 0.2) is 5.82 Å². The average molecular weight is 471 g/mol. The zero-order valence-corrected chi connectivity index (χ0v) is 18.3. The lowest BCUT2D eigenvalue weighted by atomic mass is 10.1. The standard InChI is InChI=1S/C20H22BrClFN3O2/c1-20(2,3)28-19(27)26-11-4-5-12(26)10-25(9-11)15-8-16(22)24-18-13(15)6-7-14(21)17(18)23/h6-8,11-12H,4-5,9-10H2,1-3H3. The van der Waals surface area contributed by atoms with Crippen molar-refractivity contribution in [1.82, 2.24) is 9.88 Å². The Bertz CT molecular complexity index is 935. The van der Waals surface area contributed by atoms with E-state index in [9.17, 15) is 9.18 Å². The molecule has 2 saturated heterocycles. The molecule has 150 valence electrons. The number of anilines is 1. The number of hydrogen-bond acceptors (Lipinski definition) is 4. The van der Waals surface area contributed by atoms with Crippen molar-refractivity contribution in [1.29, 1.82) is 0 Å². The summed E-state index contributed by atoms with van der Waals surface area (Å²) in [5, 5.41) is 0.969. The van der Waals surface area contributed by atoms with Crippen molar-refractivity contribution < 1.29 is 13.9 Å². The molecule has 2 unspecified atom stereocenters. The highest BCUT2D eigenvalue weighted by Crippen LogP contribution is 2.38. The Balaban J connectivity index is 1.65. The first-order valence-electron chi connectivity index (χ1n) is 9.34. The monoisotopic (exact) mass is 469 g/mol. The lowest BCUT2D eigenvalue weighted by Gasteiger charge is -2.42. The van der Waals surface area contributed by atoms with Crippen LogP contribution in [0.15, 0.2) is 22.7 Å². The van der Waals surface area contributed by atoms with E-state index in [1.54, 1.807) is 12.1 Å². The minimum absolute atomic E-state index is 0.0656. The van der Waals surface area contributed by atoms with Crippen molar-refractivity contribution >= 4 is 50.2 Å². The van der Waals surface area contributed by atoms with E-state index >= 15 is 0 Å². The molecule has 2 aromatic rings. The number of carbonyl (C=O) groups is 1. The van der Waals surface area contributed by atoms with Gasteiger partial charge in [0, 0.05) is 24.2 Å². The van der Waals surface area contributed by atoms with Crippen molar-refractivity contribution in [2.45, 2.75) is 51.3 Å². The molecule has 0 saturated carbocycles. The van der Waals surface area contributed by atoms with E-state index in [0.717, 1.165) is 23.9 Å². The molecule has 2 aliphatic rings. The Morgan fingerprint density at radius 2 is 1.93 bits per heavy atom. The van der Waals surface area contributed by atoms with Gasteiger partial charge in [-0.25, -0.2) is 14.2 Å². The molecule has 1 amide bonds. The summed E-state index contributed by atoms with van der Waals surface area (Å²) in [6.07, 6.45) is 1.60. The van der Waals surface area contributed by atoms with Gasteiger partial charge in [-0.15, -0.1) is 0 Å². The van der Waals surface area contributed by atoms with Gasteiger partial charge in [0.2, 0.25) is 0 Å². The summed E-state index contributed by atoms with van der Waals surface area (Å²) >= 11 is 9.41. The zero-order valence-electron chi connectivity index (χ0n) is 16.0. The second kappa shape index (κ2) is 7.02. The normalized spacial score (nSPS) is 22.1. The van der Waals surface area contributed by atoms with Gasteiger partial charge in [0.1, 0.15) is 16.3 Å². The molecule has 28 heavy (non-hydrogen) atoms. The molecular weight excluding hydrogens is 449 g/mol. The van der Waals surface area contributed by atoms with Gasteiger partial charge >= 0.3 is 6.09 Å². The molecule has 5 nitrogen and oxygen atoms in total. The van der Waals surface area contributed by atoms with Crippen LogP contribution in [0.5, 0.6) is 0 Å². The minimum Gasteiger partial charge on any atom is -0.444 e. The number of aromatic nitrogens is 1. The summed E-state index contributed by atoms with van der Waals surface area (Å²) in [7, 11) is 0. The van der Waals surface area contributed by atoms with Gasteiger partial charge in [-0.1, -0.05) is 11.6 Å². The van der Waals surface area contributed by atoms with E-state index in [1.807, 2.05) is 31.7 Å². The first kappa shape index (κ1) is 19.7. The van der Waals surface area contributed by atoms with Gasteiger partial charge in [0.05, 0.1) is 16.6 Å². The predicted molar refractivity (Wildman–Crippen MR) is 112 cm³/mol. The highest BCUT2D eigenvalue weighted by atomic mass is 79.9. The van der Waals surface area contributed by atoms with Crippen LogP contribution in [-0.4, -0.2) is 46.8 Å². The minimum atomic E-state index is -0.520. The van der Waals surface area contributed by atoms with Crippen molar-refractivity contribution in [3.8, 4) is 0 Å². The maximum atomic E-state index is 14.6. The van der Waals surface area contributed by atoms with Crippen LogP contribution < -0.4 is 4.90 Å². The van der Waals surface area contributed by atoms with Crippen LogP contribution in [0, 0.1) is 5.82 Å². The Hall–Kier alpha value is -1.60. The second-order valence-corrected chi connectivity index (χ2v) is 9.64. The SMILES string of the molecule is CC(C)(C)OC(=O)N1C2CCC1CN(c1cc(Cl)nc3c(F)c(Br)ccc13)C2. The molecule has 0 aliphatic carbocycles. The number of ether oxygens (including phenoxy) is 1. The predicted octanol–water partition coefficient (Wildman–Crippen LogP) is 5.38. The smallest absolute Gasteiger partial charge is 0.410 e. The Kier molecular flexibility index (Phi) is 4.94. The molecule has 0 radical (unpaired) electrons. The third kappa shape index (κ3) is 3.54. The van der Waals surface area contributed by atoms with E-state index in [1.165, 1.54) is 0 Å². The fourth-order valence-corrected chi connectivity index (χ4v) is 4.67. The Morgan fingerprint density at radius 3 is 2.54 bits per heavy atom. The summed E-state index contributed by atoms with van der Waals surface area (Å²) in [4.78, 5) is 20.9. The van der Waals surface area contributed by atoms with Crippen LogP contribution in [0.2, 0.25) is 5.15 Å². The third-order valence-electron chi connectivity index (χ3n) is 5.25. The number of amides is 1. The summed E-state index contributed by atoms with van der Waals surface area (Å²) in [5.74, 6) is -0.420. The Morgan fingerprint density at radius 1 is 1.29 bits per heavy atom. The number of hydrogen-bond donors (Lipinski definition) is 0. The second-order valence-electron chi connectivity index (χ2n) is 8.40. The molecule has 4 rings (SSSR count). The van der Waals surface area contributed by atoms with Gasteiger partial charge in [-0.3, -0.25) is 4.90 Å². The number of halogens is 3. The fourth-order valence-electron chi connectivity index (χ4n) is 4.16. The number of fused-ring (bicyclic) bond motifs is 3. The first-order valence-corrected chi connectivity index (χ1v) is 10.5. The van der Waals surface area contributed by atoms with Gasteiger partial charge in [-0.05, 0) is 67.7 Å². The van der Waals surface area contributed by atoms with E-state index in [2.05, 4.69) is 25.8 Å². The summed E-state index contributed by atoms with van der Waals surface area (Å²) in [6, 6.07) is 5.44. The number of nitrogens with zero attached hydrogens (tertiary/aromatic N) is 3. The summed E-state index contributed by atoms with van der Waals surface area (Å²) in [5.41, 5.74) is 0.578. The summed E-state index contributed by atoms with van der Waals surface area (Å²) < 4.78 is 20.5. The Labute approximate surface area is 176 Å². The van der Waals surface area contributed by atoms with Gasteiger partial charge < -0.3 is 9.64 Å². The molecule has 2 fully saturated rings. The van der Waals surface area contributed by atoms with Crippen LogP contribution >= 0.6 is 27.5 Å². The third-order valence-corrected chi connectivity index (χ3v) is 6.05. The largest absolute Gasteiger partial charge is 0.444 e. The van der Waals surface area contributed by atoms with E-state index in [0.29, 0.717) is 17.6 Å². The highest BCUT2D eigenvalue weighted by Gasteiger charge is 2.44. The van der Waals surface area contributed by atoms with Crippen molar-refractivity contribution in [3.63, 3.8) is 0 Å². The molecular formula is C20H22BrClFN3O2. The zero-order chi connectivity index (χ0) is 20.2. The quantitative estimate of drug-likeness (QED) is 0.525. The molecule has 1 aromatic heterocycles. The molecule has 2 atom stereocenters. The van der Waals surface area contributed by atoms with Crippen molar-refractivity contribution in [3.05, 3.63) is 33.6 Å². The van der Waals surface area contributed by atoms with E-state index < -0.39 is 11.4 Å². The molecule has 3 heterocycles. The summed E-state index contributed by atoms with van der Waals surface area (Å²) in [6.45, 7) is 6.94. The highest BCUT2D eigenvalue weighted by molar-refractivity contribution is 9.10. The molecule has 1 aromatic carbocycles. The number of rotatable bonds is 1. The first-order chi connectivity index (χ1) is 13.1. The van der Waals surface area contributed by atoms with E-state index in [4.69, 9.17) is 16.3 Å². The van der Waals surface area contributed by atoms with Crippen LogP contribution in [-0.2, 0) is 4.74 Å². The number of pyridine rings is 1. The number of piperazine rings is 1. The molecule has 0 spiro atoms. The van der Waals surface area contributed by atoms with Crippen molar-refractivity contribution in [2.24, 2.45) is 0 Å². The molecule has 0 N–H and O–H groups in total. The maximum Gasteiger partial charge on any atom is 0.410 e. The number of carbonyl (C=O) groups excluding carboxylic acids is 1. The van der Waals surface area contributed by atoms with Gasteiger partial charge in [-0.2, -0.15) is 0 Å². The average Bonchev–Trinajstić information content (AvgIpc) is 2.87. The maximum absolute atomic E-state index is 14.6. The molecule has 2 aliphatic heterocycles. The van der Waals surface area contributed by atoms with Crippen LogP contribution in [0.3, 0.4) is 0 Å². The van der Waals surface area contributed by atoms with Crippen LogP contribution in [0.25, 0.3) is 10.9 Å². The number of benzene rings is 1. The fraction of sp³-hybridized carbons (Fsp3) is 0.500. The van der Waals surface area contributed by atoms with Crippen molar-refractivity contribution in [2.75, 3.05) is 18.0 Å². The lowest BCUT2D eigenvalue weighted by molar-refractivity contribution is 0.0123. The van der Waals surface area contributed by atoms with Crippen LogP contribution in [0.1, 0.15) is 33.6 Å². The molecule has 2 bridgehead atoms. The lowest BCUT2D eigenvalue weighted by Crippen LogP contribution is -2.56. The topological polar surface area (TPSA) is 45.7 Å². The molecule has 8 heteroatoms. The van der Waals surface area contributed by atoms with Crippen LogP contribution in [0.4, 0.5) is 14.9 Å². The van der Waals surface area contributed by atoms with E-state index in [-0.39, 0.29) is 28.8 Å².